The van der Waals surface area contributed by atoms with Crippen molar-refractivity contribution in [2.75, 3.05) is 27.3 Å². The van der Waals surface area contributed by atoms with Gasteiger partial charge in [-0.05, 0) is 37.9 Å². The van der Waals surface area contributed by atoms with Crippen molar-refractivity contribution in [2.24, 2.45) is 0 Å². The van der Waals surface area contributed by atoms with Crippen LogP contribution in [0.1, 0.15) is 22.0 Å². The number of rotatable bonds is 4. The number of hydrogen-bond acceptors (Lipinski definition) is 4. The highest BCUT2D eigenvalue weighted by Gasteiger charge is 2.25. The van der Waals surface area contributed by atoms with Crippen LogP contribution in [0.2, 0.25) is 0 Å². The smallest absolute Gasteiger partial charge is 0.184 e. The van der Waals surface area contributed by atoms with E-state index in [1.54, 1.807) is 18.2 Å². The van der Waals surface area contributed by atoms with E-state index in [0.717, 1.165) is 5.56 Å². The molecular formula is C18H19NO3. The van der Waals surface area contributed by atoms with Gasteiger partial charge in [-0.1, -0.05) is 30.3 Å². The Balaban J connectivity index is 1.94. The minimum atomic E-state index is -0.316. The molecule has 0 aromatic heterocycles. The second-order valence-corrected chi connectivity index (χ2v) is 5.50. The molecule has 1 aliphatic heterocycles. The van der Waals surface area contributed by atoms with E-state index in [9.17, 15) is 4.79 Å². The highest BCUT2D eigenvalue weighted by atomic mass is 16.6. The minimum absolute atomic E-state index is 0.0492. The average Bonchev–Trinajstić information content (AvgIpc) is 2.55. The van der Waals surface area contributed by atoms with Crippen LogP contribution in [0, 0.1) is 0 Å². The van der Waals surface area contributed by atoms with Crippen LogP contribution < -0.4 is 9.47 Å². The first-order valence-corrected chi connectivity index (χ1v) is 7.32. The van der Waals surface area contributed by atoms with Crippen molar-refractivity contribution in [1.29, 1.82) is 0 Å². The summed E-state index contributed by atoms with van der Waals surface area (Å²) in [6.07, 6.45) is 0. The van der Waals surface area contributed by atoms with Crippen LogP contribution in [0.25, 0.3) is 0 Å². The summed E-state index contributed by atoms with van der Waals surface area (Å²) in [7, 11) is 3.82. The molecule has 0 spiro atoms. The van der Waals surface area contributed by atoms with E-state index in [2.05, 4.69) is 0 Å². The molecule has 1 aliphatic rings. The Morgan fingerprint density at radius 1 is 1.00 bits per heavy atom. The number of hydrogen-bond donors (Lipinski definition) is 0. The van der Waals surface area contributed by atoms with Crippen molar-refractivity contribution in [3.8, 4) is 11.5 Å². The van der Waals surface area contributed by atoms with Gasteiger partial charge in [0.15, 0.2) is 17.3 Å². The monoisotopic (exact) mass is 297 g/mol. The van der Waals surface area contributed by atoms with Gasteiger partial charge in [0, 0.05) is 5.56 Å². The summed E-state index contributed by atoms with van der Waals surface area (Å²) < 4.78 is 11.1. The SMILES string of the molecule is CN(C)C(C(=O)c1ccc2c(c1)OCCO2)c1ccccc1. The Morgan fingerprint density at radius 2 is 1.68 bits per heavy atom. The first kappa shape index (κ1) is 14.6. The lowest BCUT2D eigenvalue weighted by molar-refractivity contribution is 0.0874. The van der Waals surface area contributed by atoms with Crippen LogP contribution in [0.3, 0.4) is 0 Å². The third kappa shape index (κ3) is 2.83. The normalized spacial score (nSPS) is 14.7. The zero-order valence-electron chi connectivity index (χ0n) is 12.8. The fraction of sp³-hybridized carbons (Fsp3) is 0.278. The maximum Gasteiger partial charge on any atom is 0.184 e. The number of carbonyl (C=O) groups is 1. The Kier molecular flexibility index (Phi) is 4.11. The molecule has 4 heteroatoms. The van der Waals surface area contributed by atoms with Crippen molar-refractivity contribution in [3.05, 3.63) is 59.7 Å². The predicted molar refractivity (Wildman–Crippen MR) is 84.6 cm³/mol. The molecule has 22 heavy (non-hydrogen) atoms. The number of nitrogens with zero attached hydrogens (tertiary/aromatic N) is 1. The number of ketones is 1. The fourth-order valence-electron chi connectivity index (χ4n) is 2.67. The predicted octanol–water partition coefficient (Wildman–Crippen LogP) is 2.94. The van der Waals surface area contributed by atoms with Gasteiger partial charge in [0.05, 0.1) is 6.04 Å². The first-order valence-electron chi connectivity index (χ1n) is 7.32. The number of Topliss-reactive ketones (excluding diaryl/α,β-unsaturated/α-hetero) is 1. The van der Waals surface area contributed by atoms with Gasteiger partial charge in [0.25, 0.3) is 0 Å². The molecule has 2 aromatic rings. The maximum atomic E-state index is 12.9. The molecule has 0 aliphatic carbocycles. The highest BCUT2D eigenvalue weighted by molar-refractivity contribution is 6.01. The van der Waals surface area contributed by atoms with Crippen molar-refractivity contribution in [1.82, 2.24) is 4.90 Å². The van der Waals surface area contributed by atoms with Crippen LogP contribution in [0.5, 0.6) is 11.5 Å². The van der Waals surface area contributed by atoms with Crippen LogP contribution in [0.15, 0.2) is 48.5 Å². The second kappa shape index (κ2) is 6.20. The number of benzene rings is 2. The number of carbonyl (C=O) groups excluding carboxylic acids is 1. The van der Waals surface area contributed by atoms with E-state index >= 15 is 0 Å². The van der Waals surface area contributed by atoms with E-state index in [1.807, 2.05) is 49.3 Å². The molecule has 1 unspecified atom stereocenters. The number of likely N-dealkylation sites (N-methyl/N-ethyl adjacent to an activating group) is 1. The summed E-state index contributed by atoms with van der Waals surface area (Å²) in [5, 5.41) is 0. The highest BCUT2D eigenvalue weighted by Crippen LogP contribution is 2.33. The average molecular weight is 297 g/mol. The second-order valence-electron chi connectivity index (χ2n) is 5.50. The van der Waals surface area contributed by atoms with Crippen LogP contribution in [-0.2, 0) is 0 Å². The van der Waals surface area contributed by atoms with Gasteiger partial charge in [0.1, 0.15) is 13.2 Å². The van der Waals surface area contributed by atoms with Gasteiger partial charge in [-0.15, -0.1) is 0 Å². The third-order valence-corrected chi connectivity index (χ3v) is 3.71. The molecular weight excluding hydrogens is 278 g/mol. The molecule has 1 heterocycles. The first-order chi connectivity index (χ1) is 10.7. The fourth-order valence-corrected chi connectivity index (χ4v) is 2.67. The van der Waals surface area contributed by atoms with Gasteiger partial charge in [0.2, 0.25) is 0 Å². The summed E-state index contributed by atoms with van der Waals surface area (Å²) in [5.41, 5.74) is 1.61. The zero-order chi connectivity index (χ0) is 15.5. The summed E-state index contributed by atoms with van der Waals surface area (Å²) in [6, 6.07) is 14.9. The van der Waals surface area contributed by atoms with E-state index in [0.29, 0.717) is 30.3 Å². The summed E-state index contributed by atoms with van der Waals surface area (Å²) in [4.78, 5) is 14.9. The molecule has 0 N–H and O–H groups in total. The Bertz CT molecular complexity index is 667. The van der Waals surface area contributed by atoms with Crippen molar-refractivity contribution in [3.63, 3.8) is 0 Å². The quantitative estimate of drug-likeness (QED) is 0.813. The molecule has 0 amide bonds. The third-order valence-electron chi connectivity index (χ3n) is 3.71. The lowest BCUT2D eigenvalue weighted by Gasteiger charge is -2.24. The van der Waals surface area contributed by atoms with Gasteiger partial charge < -0.3 is 9.47 Å². The Labute approximate surface area is 130 Å². The Morgan fingerprint density at radius 3 is 2.36 bits per heavy atom. The number of fused-ring (bicyclic) bond motifs is 1. The zero-order valence-corrected chi connectivity index (χ0v) is 12.8. The molecule has 3 rings (SSSR count). The van der Waals surface area contributed by atoms with Gasteiger partial charge in [-0.3, -0.25) is 9.69 Å². The standard InChI is InChI=1S/C18H19NO3/c1-19(2)17(13-6-4-3-5-7-13)18(20)14-8-9-15-16(12-14)22-11-10-21-15/h3-9,12,17H,10-11H2,1-2H3. The largest absolute Gasteiger partial charge is 0.486 e. The van der Waals surface area contributed by atoms with E-state index in [-0.39, 0.29) is 11.8 Å². The lowest BCUT2D eigenvalue weighted by atomic mass is 9.96. The molecule has 0 saturated heterocycles. The van der Waals surface area contributed by atoms with Gasteiger partial charge in [-0.2, -0.15) is 0 Å². The Hall–Kier alpha value is -2.33. The van der Waals surface area contributed by atoms with E-state index in [1.165, 1.54) is 0 Å². The van der Waals surface area contributed by atoms with E-state index < -0.39 is 0 Å². The molecule has 114 valence electrons. The lowest BCUT2D eigenvalue weighted by Crippen LogP contribution is -2.28. The maximum absolute atomic E-state index is 12.9. The van der Waals surface area contributed by atoms with Gasteiger partial charge >= 0.3 is 0 Å². The molecule has 4 nitrogen and oxygen atoms in total. The van der Waals surface area contributed by atoms with Crippen molar-refractivity contribution in [2.45, 2.75) is 6.04 Å². The summed E-state index contributed by atoms with van der Waals surface area (Å²) >= 11 is 0. The van der Waals surface area contributed by atoms with Crippen molar-refractivity contribution < 1.29 is 14.3 Å². The molecule has 0 bridgehead atoms. The van der Waals surface area contributed by atoms with Crippen LogP contribution in [-0.4, -0.2) is 38.0 Å². The van der Waals surface area contributed by atoms with E-state index in [4.69, 9.17) is 9.47 Å². The minimum Gasteiger partial charge on any atom is -0.486 e. The summed E-state index contributed by atoms with van der Waals surface area (Å²) in [6.45, 7) is 1.06. The van der Waals surface area contributed by atoms with Crippen molar-refractivity contribution >= 4 is 5.78 Å². The number of ether oxygens (including phenoxy) is 2. The topological polar surface area (TPSA) is 38.8 Å². The van der Waals surface area contributed by atoms with Crippen LogP contribution in [0.4, 0.5) is 0 Å². The molecule has 2 aromatic carbocycles. The molecule has 0 radical (unpaired) electrons. The summed E-state index contributed by atoms with van der Waals surface area (Å²) in [5.74, 6) is 1.39. The van der Waals surface area contributed by atoms with Gasteiger partial charge in [-0.25, -0.2) is 0 Å². The molecule has 0 fully saturated rings. The molecule has 1 atom stereocenters. The molecule has 0 saturated carbocycles. The van der Waals surface area contributed by atoms with Crippen LogP contribution >= 0.6 is 0 Å².